The number of hydrogen-bond donors (Lipinski definition) is 1. The molecule has 1 atom stereocenters. The van der Waals surface area contributed by atoms with Crippen molar-refractivity contribution in [2.75, 3.05) is 13.1 Å². The first-order valence-electron chi connectivity index (χ1n) is 10.6. The predicted molar refractivity (Wildman–Crippen MR) is 116 cm³/mol. The van der Waals surface area contributed by atoms with Crippen LogP contribution < -0.4 is 5.32 Å². The van der Waals surface area contributed by atoms with Crippen molar-refractivity contribution in [2.45, 2.75) is 59.5 Å². The average Bonchev–Trinajstić information content (AvgIpc) is 2.67. The number of amides is 1. The molecule has 3 rings (SSSR count). The van der Waals surface area contributed by atoms with Crippen LogP contribution in [0, 0.1) is 26.7 Å². The van der Waals surface area contributed by atoms with Gasteiger partial charge >= 0.3 is 0 Å². The van der Waals surface area contributed by atoms with Crippen molar-refractivity contribution in [1.29, 1.82) is 0 Å². The maximum absolute atomic E-state index is 12.9. The van der Waals surface area contributed by atoms with Gasteiger partial charge in [-0.25, -0.2) is 0 Å². The van der Waals surface area contributed by atoms with Gasteiger partial charge in [0, 0.05) is 12.5 Å². The van der Waals surface area contributed by atoms with Crippen LogP contribution in [0.5, 0.6) is 0 Å². The van der Waals surface area contributed by atoms with E-state index in [1.54, 1.807) is 0 Å². The number of likely N-dealkylation sites (tertiary alicyclic amines) is 1. The van der Waals surface area contributed by atoms with E-state index in [1.807, 2.05) is 0 Å². The summed E-state index contributed by atoms with van der Waals surface area (Å²) < 4.78 is 0. The fourth-order valence-electron chi connectivity index (χ4n) is 4.33. The first-order valence-corrected chi connectivity index (χ1v) is 10.6. The van der Waals surface area contributed by atoms with Crippen LogP contribution in [0.3, 0.4) is 0 Å². The second-order valence-corrected chi connectivity index (χ2v) is 8.37. The molecule has 0 radical (unpaired) electrons. The van der Waals surface area contributed by atoms with Crippen LogP contribution in [-0.2, 0) is 11.3 Å². The highest BCUT2D eigenvalue weighted by atomic mass is 16.1. The summed E-state index contributed by atoms with van der Waals surface area (Å²) in [5.74, 6) is 0.357. The maximum Gasteiger partial charge on any atom is 0.223 e. The Balaban J connectivity index is 1.54. The molecular formula is C25H34N2O. The lowest BCUT2D eigenvalue weighted by Crippen LogP contribution is -2.41. The third-order valence-electron chi connectivity index (χ3n) is 5.97. The van der Waals surface area contributed by atoms with Gasteiger partial charge in [-0.2, -0.15) is 0 Å². The van der Waals surface area contributed by atoms with Crippen molar-refractivity contribution in [3.63, 3.8) is 0 Å². The Bertz CT molecular complexity index is 806. The first-order chi connectivity index (χ1) is 13.5. The Morgan fingerprint density at radius 3 is 2.43 bits per heavy atom. The number of carbonyl (C=O) groups excluding carboxylic acids is 1. The standard InChI is InChI=1S/C25H34N2O/c1-5-24(23-10-9-19(3)15-20(23)4)26-25(28)22-11-13-27(14-12-22)17-21-8-6-7-18(2)16-21/h6-10,15-16,22,24H,5,11-14,17H2,1-4H3,(H,26,28). The maximum atomic E-state index is 12.9. The summed E-state index contributed by atoms with van der Waals surface area (Å²) in [6.45, 7) is 11.5. The minimum atomic E-state index is 0.110. The van der Waals surface area contributed by atoms with E-state index in [-0.39, 0.29) is 17.9 Å². The molecule has 0 aromatic heterocycles. The van der Waals surface area contributed by atoms with Gasteiger partial charge in [-0.15, -0.1) is 0 Å². The zero-order chi connectivity index (χ0) is 20.1. The Hall–Kier alpha value is -2.13. The van der Waals surface area contributed by atoms with E-state index in [0.717, 1.165) is 38.9 Å². The molecule has 3 nitrogen and oxygen atoms in total. The van der Waals surface area contributed by atoms with Crippen molar-refractivity contribution in [3.05, 3.63) is 70.3 Å². The van der Waals surface area contributed by atoms with Crippen LogP contribution in [0.4, 0.5) is 0 Å². The molecule has 1 saturated heterocycles. The van der Waals surface area contributed by atoms with Crippen molar-refractivity contribution in [2.24, 2.45) is 5.92 Å². The van der Waals surface area contributed by atoms with E-state index in [2.05, 4.69) is 80.4 Å². The minimum absolute atomic E-state index is 0.110. The molecule has 0 spiro atoms. The van der Waals surface area contributed by atoms with Gasteiger partial charge in [-0.1, -0.05) is 60.5 Å². The average molecular weight is 379 g/mol. The van der Waals surface area contributed by atoms with Crippen LogP contribution in [0.15, 0.2) is 42.5 Å². The molecule has 1 heterocycles. The second-order valence-electron chi connectivity index (χ2n) is 8.37. The van der Waals surface area contributed by atoms with Gasteiger partial charge in [0.05, 0.1) is 6.04 Å². The van der Waals surface area contributed by atoms with Crippen LogP contribution in [0.1, 0.15) is 60.0 Å². The normalized spacial score (nSPS) is 16.7. The molecule has 1 unspecified atom stereocenters. The highest BCUT2D eigenvalue weighted by Gasteiger charge is 2.26. The van der Waals surface area contributed by atoms with Crippen LogP contribution >= 0.6 is 0 Å². The summed E-state index contributed by atoms with van der Waals surface area (Å²) in [6, 6.07) is 15.3. The number of rotatable bonds is 6. The minimum Gasteiger partial charge on any atom is -0.349 e. The van der Waals surface area contributed by atoms with Crippen molar-refractivity contribution in [3.8, 4) is 0 Å². The summed E-state index contributed by atoms with van der Waals surface area (Å²) in [5.41, 5.74) is 6.45. The van der Waals surface area contributed by atoms with Crippen LogP contribution in [0.2, 0.25) is 0 Å². The Labute approximate surface area is 170 Å². The van der Waals surface area contributed by atoms with E-state index in [4.69, 9.17) is 0 Å². The van der Waals surface area contributed by atoms with Crippen molar-refractivity contribution in [1.82, 2.24) is 10.2 Å². The summed E-state index contributed by atoms with van der Waals surface area (Å²) in [7, 11) is 0. The zero-order valence-corrected chi connectivity index (χ0v) is 17.8. The van der Waals surface area contributed by atoms with Gasteiger partial charge in [-0.05, 0) is 69.8 Å². The van der Waals surface area contributed by atoms with Gasteiger partial charge in [0.1, 0.15) is 0 Å². The van der Waals surface area contributed by atoms with Crippen LogP contribution in [0.25, 0.3) is 0 Å². The van der Waals surface area contributed by atoms with Crippen molar-refractivity contribution >= 4 is 5.91 Å². The molecule has 0 aliphatic carbocycles. The van der Waals surface area contributed by atoms with Crippen LogP contribution in [-0.4, -0.2) is 23.9 Å². The molecule has 0 saturated carbocycles. The molecule has 1 N–H and O–H groups in total. The predicted octanol–water partition coefficient (Wildman–Crippen LogP) is 5.09. The summed E-state index contributed by atoms with van der Waals surface area (Å²) in [5, 5.41) is 3.33. The highest BCUT2D eigenvalue weighted by Crippen LogP contribution is 2.25. The van der Waals surface area contributed by atoms with E-state index in [0.29, 0.717) is 0 Å². The van der Waals surface area contributed by atoms with E-state index in [9.17, 15) is 4.79 Å². The molecule has 0 bridgehead atoms. The molecule has 1 fully saturated rings. The molecule has 1 aliphatic heterocycles. The second kappa shape index (κ2) is 9.38. The number of carbonyl (C=O) groups is 1. The zero-order valence-electron chi connectivity index (χ0n) is 17.8. The van der Waals surface area contributed by atoms with E-state index in [1.165, 1.54) is 27.8 Å². The van der Waals surface area contributed by atoms with Gasteiger partial charge in [0.15, 0.2) is 0 Å². The quantitative estimate of drug-likeness (QED) is 0.759. The lowest BCUT2D eigenvalue weighted by molar-refractivity contribution is -0.127. The number of hydrogen-bond acceptors (Lipinski definition) is 2. The highest BCUT2D eigenvalue weighted by molar-refractivity contribution is 5.79. The number of benzene rings is 2. The van der Waals surface area contributed by atoms with E-state index >= 15 is 0 Å². The van der Waals surface area contributed by atoms with Gasteiger partial charge < -0.3 is 5.32 Å². The number of nitrogens with zero attached hydrogens (tertiary/aromatic N) is 1. The molecule has 150 valence electrons. The van der Waals surface area contributed by atoms with Gasteiger partial charge in [0.2, 0.25) is 5.91 Å². The third kappa shape index (κ3) is 5.23. The number of aryl methyl sites for hydroxylation is 3. The fraction of sp³-hybridized carbons (Fsp3) is 0.480. The third-order valence-corrected chi connectivity index (χ3v) is 5.97. The molecular weight excluding hydrogens is 344 g/mol. The number of nitrogens with one attached hydrogen (secondary N) is 1. The van der Waals surface area contributed by atoms with E-state index < -0.39 is 0 Å². The monoisotopic (exact) mass is 378 g/mol. The van der Waals surface area contributed by atoms with Gasteiger partial charge in [0.25, 0.3) is 0 Å². The van der Waals surface area contributed by atoms with Gasteiger partial charge in [-0.3, -0.25) is 9.69 Å². The summed E-state index contributed by atoms with van der Waals surface area (Å²) in [4.78, 5) is 15.4. The molecule has 28 heavy (non-hydrogen) atoms. The molecule has 3 heteroatoms. The molecule has 2 aromatic carbocycles. The summed E-state index contributed by atoms with van der Waals surface area (Å²) >= 11 is 0. The Morgan fingerprint density at radius 2 is 1.79 bits per heavy atom. The van der Waals surface area contributed by atoms with Crippen molar-refractivity contribution < 1.29 is 4.79 Å². The summed E-state index contributed by atoms with van der Waals surface area (Å²) in [6.07, 6.45) is 2.81. The lowest BCUT2D eigenvalue weighted by atomic mass is 9.93. The molecule has 1 amide bonds. The Morgan fingerprint density at radius 1 is 1.07 bits per heavy atom. The lowest BCUT2D eigenvalue weighted by Gasteiger charge is -2.32. The molecule has 2 aromatic rings. The molecule has 1 aliphatic rings. The number of piperidine rings is 1. The SMILES string of the molecule is CCC(NC(=O)C1CCN(Cc2cccc(C)c2)CC1)c1ccc(C)cc1C. The largest absolute Gasteiger partial charge is 0.349 e. The topological polar surface area (TPSA) is 32.3 Å². The fourth-order valence-corrected chi connectivity index (χ4v) is 4.33. The Kier molecular flexibility index (Phi) is 6.90. The smallest absolute Gasteiger partial charge is 0.223 e. The first kappa shape index (κ1) is 20.6.